The lowest BCUT2D eigenvalue weighted by molar-refractivity contribution is 0.915. The molecular weight excluding hydrogens is 162 g/mol. The zero-order chi connectivity index (χ0) is 9.42. The van der Waals surface area contributed by atoms with Gasteiger partial charge >= 0.3 is 0 Å². The van der Waals surface area contributed by atoms with Crippen LogP contribution in [0.3, 0.4) is 0 Å². The summed E-state index contributed by atoms with van der Waals surface area (Å²) in [5.41, 5.74) is 9.36. The minimum absolute atomic E-state index is 0.616. The maximum Gasteiger partial charge on any atom is 0.0898 e. The molecule has 2 rings (SSSR count). The molecule has 0 aliphatic carbocycles. The number of rotatable bonds is 1. The highest BCUT2D eigenvalue weighted by Crippen LogP contribution is 2.34. The Morgan fingerprint density at radius 3 is 2.62 bits per heavy atom. The van der Waals surface area contributed by atoms with Crippen molar-refractivity contribution in [2.45, 2.75) is 6.54 Å². The first-order chi connectivity index (χ1) is 6.22. The minimum Gasteiger partial charge on any atom is -0.355 e. The molecule has 3 nitrogen and oxygen atoms in total. The van der Waals surface area contributed by atoms with Crippen LogP contribution in [0.2, 0.25) is 0 Å². The van der Waals surface area contributed by atoms with Gasteiger partial charge in [-0.15, -0.1) is 0 Å². The fraction of sp³-hybridized carbons (Fsp3) is 0.400. The Labute approximate surface area is 78.7 Å². The summed E-state index contributed by atoms with van der Waals surface area (Å²) in [7, 11) is 4.20. The molecule has 0 aromatic heterocycles. The van der Waals surface area contributed by atoms with Crippen LogP contribution in [0, 0.1) is 0 Å². The molecule has 0 spiro atoms. The Bertz CT molecular complexity index is 322. The van der Waals surface area contributed by atoms with E-state index in [1.54, 1.807) is 0 Å². The van der Waals surface area contributed by atoms with Gasteiger partial charge in [-0.05, 0) is 17.7 Å². The van der Waals surface area contributed by atoms with Gasteiger partial charge in [-0.1, -0.05) is 6.07 Å². The Morgan fingerprint density at radius 1 is 1.23 bits per heavy atom. The summed E-state index contributed by atoms with van der Waals surface area (Å²) in [4.78, 5) is 4.46. The molecule has 70 valence electrons. The monoisotopic (exact) mass is 177 g/mol. The standard InChI is InChI=1S/C10H15N3/c1-12-7-13(2)10-5-8(6-11)3-4-9(10)12/h3-5H,6-7,11H2,1-2H3. The zero-order valence-electron chi connectivity index (χ0n) is 8.12. The van der Waals surface area contributed by atoms with Gasteiger partial charge in [0.05, 0.1) is 18.0 Å². The smallest absolute Gasteiger partial charge is 0.0898 e. The minimum atomic E-state index is 0.616. The number of nitrogens with zero attached hydrogens (tertiary/aromatic N) is 2. The van der Waals surface area contributed by atoms with Crippen LogP contribution in [0.5, 0.6) is 0 Å². The Morgan fingerprint density at radius 2 is 1.92 bits per heavy atom. The van der Waals surface area contributed by atoms with Gasteiger partial charge in [0.25, 0.3) is 0 Å². The number of hydrogen-bond acceptors (Lipinski definition) is 3. The third kappa shape index (κ3) is 1.25. The third-order valence-corrected chi connectivity index (χ3v) is 2.52. The lowest BCUT2D eigenvalue weighted by Crippen LogP contribution is -2.23. The van der Waals surface area contributed by atoms with Crippen LogP contribution in [0.15, 0.2) is 18.2 Å². The fourth-order valence-corrected chi connectivity index (χ4v) is 1.80. The molecule has 1 aliphatic rings. The summed E-state index contributed by atoms with van der Waals surface area (Å²) in [6.07, 6.45) is 0. The van der Waals surface area contributed by atoms with Gasteiger partial charge in [0, 0.05) is 20.6 Å². The molecule has 0 bridgehead atoms. The number of nitrogens with two attached hydrogens (primary N) is 1. The highest BCUT2D eigenvalue weighted by Gasteiger charge is 2.19. The van der Waals surface area contributed by atoms with Gasteiger partial charge in [0.1, 0.15) is 0 Å². The van der Waals surface area contributed by atoms with Crippen molar-refractivity contribution in [2.24, 2.45) is 5.73 Å². The van der Waals surface area contributed by atoms with Crippen molar-refractivity contribution in [3.63, 3.8) is 0 Å². The van der Waals surface area contributed by atoms with Crippen molar-refractivity contribution in [3.8, 4) is 0 Å². The van der Waals surface area contributed by atoms with Crippen LogP contribution in [0.1, 0.15) is 5.56 Å². The summed E-state index contributed by atoms with van der Waals surface area (Å²) in [6.45, 7) is 1.58. The molecule has 0 saturated heterocycles. The average molecular weight is 177 g/mol. The van der Waals surface area contributed by atoms with E-state index in [4.69, 9.17) is 5.73 Å². The van der Waals surface area contributed by atoms with Crippen molar-refractivity contribution < 1.29 is 0 Å². The largest absolute Gasteiger partial charge is 0.355 e. The van der Waals surface area contributed by atoms with Gasteiger partial charge in [0.15, 0.2) is 0 Å². The summed E-state index contributed by atoms with van der Waals surface area (Å²) in [5, 5.41) is 0. The summed E-state index contributed by atoms with van der Waals surface area (Å²) in [6, 6.07) is 6.40. The molecule has 0 unspecified atom stereocenters. The van der Waals surface area contributed by atoms with Gasteiger partial charge in [-0.3, -0.25) is 0 Å². The summed E-state index contributed by atoms with van der Waals surface area (Å²) >= 11 is 0. The van der Waals surface area contributed by atoms with Crippen molar-refractivity contribution >= 4 is 11.4 Å². The Kier molecular flexibility index (Phi) is 1.88. The first-order valence-electron chi connectivity index (χ1n) is 4.47. The highest BCUT2D eigenvalue weighted by atomic mass is 15.3. The molecule has 1 aliphatic heterocycles. The molecule has 3 heteroatoms. The van der Waals surface area contributed by atoms with E-state index in [2.05, 4.69) is 42.1 Å². The maximum atomic E-state index is 5.59. The van der Waals surface area contributed by atoms with Gasteiger partial charge in [0.2, 0.25) is 0 Å². The van der Waals surface area contributed by atoms with Crippen LogP contribution in [0.25, 0.3) is 0 Å². The lowest BCUT2D eigenvalue weighted by Gasteiger charge is -2.11. The predicted octanol–water partition coefficient (Wildman–Crippen LogP) is 0.989. The Balaban J connectivity index is 2.46. The molecule has 13 heavy (non-hydrogen) atoms. The van der Waals surface area contributed by atoms with Crippen molar-refractivity contribution in [2.75, 3.05) is 30.6 Å². The second kappa shape index (κ2) is 2.92. The second-order valence-electron chi connectivity index (χ2n) is 3.56. The van der Waals surface area contributed by atoms with Crippen molar-refractivity contribution in [1.82, 2.24) is 0 Å². The zero-order valence-corrected chi connectivity index (χ0v) is 8.12. The molecule has 0 amide bonds. The van der Waals surface area contributed by atoms with Gasteiger partial charge < -0.3 is 15.5 Å². The van der Waals surface area contributed by atoms with E-state index in [0.29, 0.717) is 6.54 Å². The molecule has 1 aromatic rings. The number of anilines is 2. The van der Waals surface area contributed by atoms with E-state index < -0.39 is 0 Å². The second-order valence-corrected chi connectivity index (χ2v) is 3.56. The topological polar surface area (TPSA) is 32.5 Å². The molecule has 0 atom stereocenters. The highest BCUT2D eigenvalue weighted by molar-refractivity contribution is 5.76. The van der Waals surface area contributed by atoms with Crippen LogP contribution in [0.4, 0.5) is 11.4 Å². The van der Waals surface area contributed by atoms with Crippen LogP contribution in [-0.4, -0.2) is 20.8 Å². The van der Waals surface area contributed by atoms with E-state index in [-0.39, 0.29) is 0 Å². The van der Waals surface area contributed by atoms with Crippen LogP contribution < -0.4 is 15.5 Å². The number of fused-ring (bicyclic) bond motifs is 1. The van der Waals surface area contributed by atoms with E-state index in [9.17, 15) is 0 Å². The summed E-state index contributed by atoms with van der Waals surface area (Å²) in [5.74, 6) is 0. The fourth-order valence-electron chi connectivity index (χ4n) is 1.80. The molecular formula is C10H15N3. The average Bonchev–Trinajstić information content (AvgIpc) is 2.42. The van der Waals surface area contributed by atoms with E-state index in [1.165, 1.54) is 16.9 Å². The van der Waals surface area contributed by atoms with E-state index >= 15 is 0 Å². The SMILES string of the molecule is CN1CN(C)c2cc(CN)ccc21. The van der Waals surface area contributed by atoms with Gasteiger partial charge in [-0.25, -0.2) is 0 Å². The first kappa shape index (κ1) is 8.38. The molecule has 0 radical (unpaired) electrons. The van der Waals surface area contributed by atoms with Gasteiger partial charge in [-0.2, -0.15) is 0 Å². The Hall–Kier alpha value is -1.22. The van der Waals surface area contributed by atoms with E-state index in [1.807, 2.05) is 0 Å². The molecule has 2 N–H and O–H groups in total. The molecule has 1 heterocycles. The lowest BCUT2D eigenvalue weighted by atomic mass is 10.1. The summed E-state index contributed by atoms with van der Waals surface area (Å²) < 4.78 is 0. The number of hydrogen-bond donors (Lipinski definition) is 1. The first-order valence-corrected chi connectivity index (χ1v) is 4.47. The molecule has 0 saturated carbocycles. The van der Waals surface area contributed by atoms with Crippen molar-refractivity contribution in [1.29, 1.82) is 0 Å². The molecule has 0 fully saturated rings. The normalized spacial score (nSPS) is 15.0. The third-order valence-electron chi connectivity index (χ3n) is 2.52. The van der Waals surface area contributed by atoms with E-state index in [0.717, 1.165) is 6.67 Å². The quantitative estimate of drug-likeness (QED) is 0.694. The predicted molar refractivity (Wildman–Crippen MR) is 56.0 cm³/mol. The van der Waals surface area contributed by atoms with Crippen molar-refractivity contribution in [3.05, 3.63) is 23.8 Å². The number of benzene rings is 1. The van der Waals surface area contributed by atoms with Crippen LogP contribution >= 0.6 is 0 Å². The molecule has 1 aromatic carbocycles. The maximum absolute atomic E-state index is 5.59. The van der Waals surface area contributed by atoms with Crippen LogP contribution in [-0.2, 0) is 6.54 Å².